The summed E-state index contributed by atoms with van der Waals surface area (Å²) in [6, 6.07) is 4.60. The van der Waals surface area contributed by atoms with Crippen molar-refractivity contribution in [1.82, 2.24) is 5.16 Å². The molecule has 2 N–H and O–H groups in total. The van der Waals surface area contributed by atoms with Gasteiger partial charge in [-0.3, -0.25) is 0 Å². The van der Waals surface area contributed by atoms with Crippen molar-refractivity contribution in [2.45, 2.75) is 24.6 Å². The predicted molar refractivity (Wildman–Crippen MR) is 54.1 cm³/mol. The van der Waals surface area contributed by atoms with Gasteiger partial charge in [-0.25, -0.2) is 0 Å². The van der Waals surface area contributed by atoms with E-state index in [2.05, 4.69) is 5.16 Å². The lowest BCUT2D eigenvalue weighted by atomic mass is 10.0. The van der Waals surface area contributed by atoms with Crippen LogP contribution >= 0.6 is 0 Å². The van der Waals surface area contributed by atoms with Crippen molar-refractivity contribution in [3.8, 4) is 0 Å². The number of fused-ring (bicyclic) bond motifs is 1. The van der Waals surface area contributed by atoms with Crippen molar-refractivity contribution in [3.05, 3.63) is 29.5 Å². The molecule has 0 amide bonds. The van der Waals surface area contributed by atoms with Crippen molar-refractivity contribution in [3.63, 3.8) is 0 Å². The molecule has 1 aliphatic carbocycles. The van der Waals surface area contributed by atoms with Gasteiger partial charge in [0.15, 0.2) is 11.3 Å². The number of rotatable bonds is 1. The van der Waals surface area contributed by atoms with E-state index in [9.17, 15) is 13.2 Å². The molecule has 6 heteroatoms. The molecule has 0 aliphatic heterocycles. The van der Waals surface area contributed by atoms with E-state index >= 15 is 0 Å². The van der Waals surface area contributed by atoms with Crippen LogP contribution in [0.5, 0.6) is 0 Å². The number of aromatic nitrogens is 1. The van der Waals surface area contributed by atoms with E-state index in [1.165, 1.54) is 6.07 Å². The van der Waals surface area contributed by atoms with E-state index in [1.807, 2.05) is 0 Å². The van der Waals surface area contributed by atoms with Gasteiger partial charge in [0, 0.05) is 11.1 Å². The van der Waals surface area contributed by atoms with Gasteiger partial charge >= 0.3 is 6.18 Å². The Hall–Kier alpha value is -1.56. The van der Waals surface area contributed by atoms with Crippen molar-refractivity contribution in [2.75, 3.05) is 0 Å². The van der Waals surface area contributed by atoms with E-state index < -0.39 is 17.4 Å². The van der Waals surface area contributed by atoms with Gasteiger partial charge in [-0.15, -0.1) is 0 Å². The molecule has 1 aromatic carbocycles. The maximum Gasteiger partial charge on any atom is 0.437 e. The number of nitrogens with two attached hydrogens (primary N) is 1. The van der Waals surface area contributed by atoms with Gasteiger partial charge in [0.2, 0.25) is 0 Å². The molecule has 1 aromatic heterocycles. The summed E-state index contributed by atoms with van der Waals surface area (Å²) in [4.78, 5) is 0. The Morgan fingerprint density at radius 1 is 1.29 bits per heavy atom. The summed E-state index contributed by atoms with van der Waals surface area (Å²) in [6.45, 7) is 0. The monoisotopic (exact) mass is 242 g/mol. The molecule has 90 valence electrons. The van der Waals surface area contributed by atoms with Crippen molar-refractivity contribution in [2.24, 2.45) is 5.73 Å². The number of benzene rings is 1. The van der Waals surface area contributed by atoms with Gasteiger partial charge in [0.25, 0.3) is 0 Å². The van der Waals surface area contributed by atoms with Crippen LogP contribution in [0.25, 0.3) is 11.0 Å². The highest BCUT2D eigenvalue weighted by Crippen LogP contribution is 2.46. The number of hydrogen-bond donors (Lipinski definition) is 1. The van der Waals surface area contributed by atoms with Crippen LogP contribution in [0, 0.1) is 0 Å². The molecule has 0 atom stereocenters. The molecule has 0 unspecified atom stereocenters. The van der Waals surface area contributed by atoms with Crippen LogP contribution in [0.2, 0.25) is 0 Å². The fourth-order valence-corrected chi connectivity index (χ4v) is 1.96. The van der Waals surface area contributed by atoms with Crippen molar-refractivity contribution < 1.29 is 17.7 Å². The average molecular weight is 242 g/mol. The van der Waals surface area contributed by atoms with E-state index in [-0.39, 0.29) is 11.0 Å². The molecule has 3 nitrogen and oxygen atoms in total. The Balaban J connectivity index is 2.26. The Kier molecular flexibility index (Phi) is 1.87. The molecular formula is C11H9F3N2O. The van der Waals surface area contributed by atoms with Crippen LogP contribution in [-0.4, -0.2) is 5.16 Å². The first-order chi connectivity index (χ1) is 7.92. The fourth-order valence-electron chi connectivity index (χ4n) is 1.96. The topological polar surface area (TPSA) is 52.0 Å². The minimum atomic E-state index is -4.50. The summed E-state index contributed by atoms with van der Waals surface area (Å²) in [6.07, 6.45) is -2.99. The largest absolute Gasteiger partial charge is 0.437 e. The molecule has 1 aliphatic rings. The summed E-state index contributed by atoms with van der Waals surface area (Å²) in [5.74, 6) is 0. The number of nitrogens with zero attached hydrogens (tertiary/aromatic N) is 1. The highest BCUT2D eigenvalue weighted by Gasteiger charge is 2.44. The molecule has 0 saturated heterocycles. The molecule has 1 fully saturated rings. The molecule has 0 radical (unpaired) electrons. The molecular weight excluding hydrogens is 233 g/mol. The Morgan fingerprint density at radius 2 is 2.00 bits per heavy atom. The lowest BCUT2D eigenvalue weighted by Crippen LogP contribution is -2.18. The van der Waals surface area contributed by atoms with E-state index in [1.54, 1.807) is 12.1 Å². The zero-order valence-corrected chi connectivity index (χ0v) is 8.71. The van der Waals surface area contributed by atoms with Gasteiger partial charge in [-0.1, -0.05) is 17.3 Å². The Bertz CT molecular complexity index is 584. The quantitative estimate of drug-likeness (QED) is 0.836. The van der Waals surface area contributed by atoms with Crippen LogP contribution in [0.4, 0.5) is 13.2 Å². The fraction of sp³-hybridized carbons (Fsp3) is 0.364. The summed E-state index contributed by atoms with van der Waals surface area (Å²) < 4.78 is 42.7. The lowest BCUT2D eigenvalue weighted by Gasteiger charge is -2.08. The first-order valence-corrected chi connectivity index (χ1v) is 5.17. The van der Waals surface area contributed by atoms with Gasteiger partial charge in [0.05, 0.1) is 5.39 Å². The molecule has 1 saturated carbocycles. The summed E-state index contributed by atoms with van der Waals surface area (Å²) in [7, 11) is 0. The third kappa shape index (κ3) is 1.51. The first-order valence-electron chi connectivity index (χ1n) is 5.17. The number of alkyl halides is 3. The molecule has 2 aromatic rings. The lowest BCUT2D eigenvalue weighted by molar-refractivity contribution is -0.141. The molecule has 1 heterocycles. The van der Waals surface area contributed by atoms with Gasteiger partial charge in [-0.2, -0.15) is 13.2 Å². The molecule has 17 heavy (non-hydrogen) atoms. The van der Waals surface area contributed by atoms with Crippen LogP contribution in [0.1, 0.15) is 24.1 Å². The summed E-state index contributed by atoms with van der Waals surface area (Å²) >= 11 is 0. The maximum atomic E-state index is 12.6. The number of para-hydroxylation sites is 1. The minimum Gasteiger partial charge on any atom is -0.355 e. The molecule has 0 spiro atoms. The third-order valence-electron chi connectivity index (χ3n) is 3.09. The van der Waals surface area contributed by atoms with E-state index in [0.717, 1.165) is 12.8 Å². The second kappa shape index (κ2) is 3.01. The average Bonchev–Trinajstić information content (AvgIpc) is 2.84. The van der Waals surface area contributed by atoms with Crippen molar-refractivity contribution in [1.29, 1.82) is 0 Å². The Labute approximate surface area is 94.4 Å². The Morgan fingerprint density at radius 3 is 2.59 bits per heavy atom. The normalized spacial score (nSPS) is 18.6. The third-order valence-corrected chi connectivity index (χ3v) is 3.09. The van der Waals surface area contributed by atoms with Gasteiger partial charge in [0.1, 0.15) is 0 Å². The highest BCUT2D eigenvalue weighted by atomic mass is 19.4. The highest BCUT2D eigenvalue weighted by molar-refractivity contribution is 5.84. The molecule has 0 bridgehead atoms. The number of halogens is 3. The van der Waals surface area contributed by atoms with E-state index in [0.29, 0.717) is 5.56 Å². The second-order valence-electron chi connectivity index (χ2n) is 4.37. The van der Waals surface area contributed by atoms with Crippen molar-refractivity contribution >= 4 is 11.0 Å². The second-order valence-corrected chi connectivity index (χ2v) is 4.37. The van der Waals surface area contributed by atoms with E-state index in [4.69, 9.17) is 10.3 Å². The van der Waals surface area contributed by atoms with Crippen LogP contribution in [0.3, 0.4) is 0 Å². The standard InChI is InChI=1S/C11H9F3N2O/c12-11(13,14)9-6-2-1-3-7(8(6)17-16-9)10(15)4-5-10/h1-3H,4-5,15H2. The smallest absolute Gasteiger partial charge is 0.355 e. The first kappa shape index (κ1) is 10.6. The number of hydrogen-bond acceptors (Lipinski definition) is 3. The zero-order chi connectivity index (χ0) is 12.3. The van der Waals surface area contributed by atoms with Crippen LogP contribution < -0.4 is 5.73 Å². The van der Waals surface area contributed by atoms with Crippen LogP contribution in [0.15, 0.2) is 22.7 Å². The molecule has 3 rings (SSSR count). The maximum absolute atomic E-state index is 12.6. The zero-order valence-electron chi connectivity index (χ0n) is 8.71. The summed E-state index contributed by atoms with van der Waals surface area (Å²) in [5, 5.41) is 3.09. The SMILES string of the molecule is NC1(c2cccc3c(C(F)(F)F)noc23)CC1. The van der Waals surface area contributed by atoms with Crippen LogP contribution in [-0.2, 0) is 11.7 Å². The van der Waals surface area contributed by atoms with Gasteiger partial charge in [-0.05, 0) is 18.9 Å². The van der Waals surface area contributed by atoms with Gasteiger partial charge < -0.3 is 10.3 Å². The minimum absolute atomic E-state index is 0.0216. The summed E-state index contributed by atoms with van der Waals surface area (Å²) in [5.41, 5.74) is 5.22. The predicted octanol–water partition coefficient (Wildman–Crippen LogP) is 2.79.